The highest BCUT2D eigenvalue weighted by atomic mass is 16.1. The van der Waals surface area contributed by atoms with E-state index in [9.17, 15) is 4.79 Å². The van der Waals surface area contributed by atoms with E-state index in [0.717, 1.165) is 22.3 Å². The standard InChI is InChI=1S/C22H20N4O/c23-26-25-15-14-17-10-12-18(13-11-17)16-24-22(27)21-9-5-4-8-20(21)19-6-2-1-3-7-19/h1-13H,14-16H2,(H,24,27). The number of hydrogen-bond donors (Lipinski definition) is 1. The van der Waals surface area contributed by atoms with Gasteiger partial charge in [0.15, 0.2) is 0 Å². The molecule has 0 heterocycles. The summed E-state index contributed by atoms with van der Waals surface area (Å²) in [7, 11) is 0. The number of hydrogen-bond acceptors (Lipinski definition) is 2. The monoisotopic (exact) mass is 356 g/mol. The van der Waals surface area contributed by atoms with Crippen LogP contribution in [0.3, 0.4) is 0 Å². The predicted octanol–water partition coefficient (Wildman–Crippen LogP) is 5.14. The molecule has 0 aliphatic rings. The summed E-state index contributed by atoms with van der Waals surface area (Å²) in [5, 5.41) is 6.53. The van der Waals surface area contributed by atoms with Crippen LogP contribution in [0.4, 0.5) is 0 Å². The fraction of sp³-hybridized carbons (Fsp3) is 0.136. The van der Waals surface area contributed by atoms with Gasteiger partial charge in [-0.15, -0.1) is 0 Å². The Bertz CT molecular complexity index is 946. The van der Waals surface area contributed by atoms with E-state index in [1.165, 1.54) is 0 Å². The first-order valence-electron chi connectivity index (χ1n) is 8.79. The van der Waals surface area contributed by atoms with Crippen LogP contribution in [0.15, 0.2) is 84.0 Å². The molecule has 1 N–H and O–H groups in total. The minimum absolute atomic E-state index is 0.0955. The first-order chi connectivity index (χ1) is 13.3. The van der Waals surface area contributed by atoms with E-state index in [4.69, 9.17) is 5.53 Å². The van der Waals surface area contributed by atoms with Crippen LogP contribution in [0.5, 0.6) is 0 Å². The molecular formula is C22H20N4O. The summed E-state index contributed by atoms with van der Waals surface area (Å²) in [6.07, 6.45) is 0.709. The van der Waals surface area contributed by atoms with Crippen molar-refractivity contribution in [2.24, 2.45) is 5.11 Å². The molecule has 0 saturated carbocycles. The number of rotatable bonds is 7. The Balaban J connectivity index is 1.66. The third kappa shape index (κ3) is 4.97. The number of benzene rings is 3. The Hall–Kier alpha value is -3.56. The van der Waals surface area contributed by atoms with Crippen LogP contribution in [0.25, 0.3) is 21.6 Å². The molecule has 0 aliphatic heterocycles. The van der Waals surface area contributed by atoms with Crippen molar-refractivity contribution in [1.82, 2.24) is 5.32 Å². The third-order valence-electron chi connectivity index (χ3n) is 4.30. The number of amides is 1. The molecule has 27 heavy (non-hydrogen) atoms. The lowest BCUT2D eigenvalue weighted by Gasteiger charge is -2.11. The summed E-state index contributed by atoms with van der Waals surface area (Å²) in [4.78, 5) is 15.4. The quantitative estimate of drug-likeness (QED) is 0.355. The maximum Gasteiger partial charge on any atom is 0.252 e. The molecule has 5 heteroatoms. The van der Waals surface area contributed by atoms with E-state index >= 15 is 0 Å². The second-order valence-corrected chi connectivity index (χ2v) is 6.12. The minimum Gasteiger partial charge on any atom is -0.348 e. The molecule has 0 saturated heterocycles. The molecular weight excluding hydrogens is 336 g/mol. The van der Waals surface area contributed by atoms with E-state index in [2.05, 4.69) is 15.3 Å². The fourth-order valence-corrected chi connectivity index (χ4v) is 2.88. The first-order valence-corrected chi connectivity index (χ1v) is 8.79. The van der Waals surface area contributed by atoms with Gasteiger partial charge in [0.25, 0.3) is 5.91 Å². The second kappa shape index (κ2) is 9.22. The van der Waals surface area contributed by atoms with Crippen molar-refractivity contribution < 1.29 is 4.79 Å². The highest BCUT2D eigenvalue weighted by molar-refractivity contribution is 6.00. The highest BCUT2D eigenvalue weighted by Gasteiger charge is 2.11. The molecule has 0 unspecified atom stereocenters. The van der Waals surface area contributed by atoms with Crippen molar-refractivity contribution >= 4 is 5.91 Å². The van der Waals surface area contributed by atoms with E-state index in [-0.39, 0.29) is 5.91 Å². The summed E-state index contributed by atoms with van der Waals surface area (Å²) < 4.78 is 0. The zero-order valence-corrected chi connectivity index (χ0v) is 14.9. The van der Waals surface area contributed by atoms with Gasteiger partial charge in [-0.05, 0) is 40.3 Å². The lowest BCUT2D eigenvalue weighted by molar-refractivity contribution is 0.0951. The van der Waals surface area contributed by atoms with Crippen molar-refractivity contribution in [2.45, 2.75) is 13.0 Å². The van der Waals surface area contributed by atoms with Gasteiger partial charge in [-0.1, -0.05) is 77.9 Å². The van der Waals surface area contributed by atoms with Crippen molar-refractivity contribution in [3.8, 4) is 11.1 Å². The number of nitrogens with zero attached hydrogens (tertiary/aromatic N) is 3. The van der Waals surface area contributed by atoms with Crippen LogP contribution in [0, 0.1) is 0 Å². The molecule has 1 amide bonds. The van der Waals surface area contributed by atoms with Gasteiger partial charge >= 0.3 is 0 Å². The van der Waals surface area contributed by atoms with Crippen LogP contribution < -0.4 is 5.32 Å². The Morgan fingerprint density at radius 2 is 1.56 bits per heavy atom. The van der Waals surface area contributed by atoms with Gasteiger partial charge in [-0.2, -0.15) is 0 Å². The lowest BCUT2D eigenvalue weighted by atomic mass is 9.99. The second-order valence-electron chi connectivity index (χ2n) is 6.12. The van der Waals surface area contributed by atoms with Gasteiger partial charge in [-0.25, -0.2) is 0 Å². The van der Waals surface area contributed by atoms with E-state index in [0.29, 0.717) is 25.1 Å². The molecule has 0 atom stereocenters. The minimum atomic E-state index is -0.0955. The Kier molecular flexibility index (Phi) is 6.23. The van der Waals surface area contributed by atoms with Crippen LogP contribution >= 0.6 is 0 Å². The molecule has 3 aromatic rings. The largest absolute Gasteiger partial charge is 0.348 e. The molecule has 3 aromatic carbocycles. The Morgan fingerprint density at radius 1 is 0.889 bits per heavy atom. The molecule has 0 aromatic heterocycles. The first kappa shape index (κ1) is 18.2. The van der Waals surface area contributed by atoms with Crippen molar-refractivity contribution in [1.29, 1.82) is 0 Å². The van der Waals surface area contributed by atoms with Crippen LogP contribution in [-0.4, -0.2) is 12.5 Å². The zero-order chi connectivity index (χ0) is 18.9. The lowest BCUT2D eigenvalue weighted by Crippen LogP contribution is -2.23. The van der Waals surface area contributed by atoms with Crippen LogP contribution in [0.1, 0.15) is 21.5 Å². The van der Waals surface area contributed by atoms with Gasteiger partial charge < -0.3 is 5.32 Å². The molecule has 0 radical (unpaired) electrons. The molecule has 5 nitrogen and oxygen atoms in total. The van der Waals surface area contributed by atoms with Gasteiger partial charge in [0.2, 0.25) is 0 Å². The highest BCUT2D eigenvalue weighted by Crippen LogP contribution is 2.23. The smallest absolute Gasteiger partial charge is 0.252 e. The van der Waals surface area contributed by atoms with Crippen molar-refractivity contribution in [3.05, 3.63) is 106 Å². The fourth-order valence-electron chi connectivity index (χ4n) is 2.88. The molecule has 0 fully saturated rings. The summed E-state index contributed by atoms with van der Waals surface area (Å²) in [6.45, 7) is 0.904. The molecule has 134 valence electrons. The summed E-state index contributed by atoms with van der Waals surface area (Å²) in [5.41, 5.74) is 13.0. The van der Waals surface area contributed by atoms with Gasteiger partial charge in [0.05, 0.1) is 0 Å². The summed E-state index contributed by atoms with van der Waals surface area (Å²) >= 11 is 0. The molecule has 0 aliphatic carbocycles. The summed E-state index contributed by atoms with van der Waals surface area (Å²) in [6, 6.07) is 25.5. The molecule has 0 spiro atoms. The third-order valence-corrected chi connectivity index (χ3v) is 4.30. The van der Waals surface area contributed by atoms with Gasteiger partial charge in [0.1, 0.15) is 0 Å². The maximum atomic E-state index is 12.7. The number of nitrogens with one attached hydrogen (secondary N) is 1. The normalized spacial score (nSPS) is 10.1. The van der Waals surface area contributed by atoms with Gasteiger partial charge in [-0.3, -0.25) is 4.79 Å². The number of azide groups is 1. The van der Waals surface area contributed by atoms with E-state index < -0.39 is 0 Å². The topological polar surface area (TPSA) is 77.9 Å². The average molecular weight is 356 g/mol. The van der Waals surface area contributed by atoms with E-state index in [1.54, 1.807) is 0 Å². The predicted molar refractivity (Wildman–Crippen MR) is 107 cm³/mol. The number of carbonyl (C=O) groups is 1. The van der Waals surface area contributed by atoms with E-state index in [1.807, 2.05) is 78.9 Å². The molecule has 0 bridgehead atoms. The van der Waals surface area contributed by atoms with Crippen LogP contribution in [-0.2, 0) is 13.0 Å². The van der Waals surface area contributed by atoms with Crippen LogP contribution in [0.2, 0.25) is 0 Å². The number of carbonyl (C=O) groups excluding carboxylic acids is 1. The van der Waals surface area contributed by atoms with Gasteiger partial charge in [0, 0.05) is 23.6 Å². The average Bonchev–Trinajstić information content (AvgIpc) is 2.74. The van der Waals surface area contributed by atoms with Crippen molar-refractivity contribution in [3.63, 3.8) is 0 Å². The molecule has 3 rings (SSSR count). The SMILES string of the molecule is [N-]=[N+]=NCCc1ccc(CNC(=O)c2ccccc2-c2ccccc2)cc1. The zero-order valence-electron chi connectivity index (χ0n) is 14.9. The Morgan fingerprint density at radius 3 is 2.30 bits per heavy atom. The summed E-state index contributed by atoms with van der Waals surface area (Å²) in [5.74, 6) is -0.0955. The maximum absolute atomic E-state index is 12.7. The Labute approximate surface area is 158 Å². The van der Waals surface area contributed by atoms with Crippen molar-refractivity contribution in [2.75, 3.05) is 6.54 Å².